The molecule has 0 saturated heterocycles. The minimum atomic E-state index is -1.17. The molecule has 1 atom stereocenters. The Morgan fingerprint density at radius 1 is 0.848 bits per heavy atom. The van der Waals surface area contributed by atoms with Gasteiger partial charge in [0, 0.05) is 18.2 Å². The average Bonchev–Trinajstić information content (AvgIpc) is 3.09. The van der Waals surface area contributed by atoms with Crippen molar-refractivity contribution in [3.63, 3.8) is 0 Å². The van der Waals surface area contributed by atoms with Gasteiger partial charge in [-0.25, -0.2) is 4.79 Å². The number of rotatable bonds is 8. The van der Waals surface area contributed by atoms with Gasteiger partial charge in [-0.05, 0) is 23.8 Å². The number of ether oxygens (including phenoxy) is 3. The second kappa shape index (κ2) is 9.04. The number of hydrogen-bond donors (Lipinski definition) is 1. The summed E-state index contributed by atoms with van der Waals surface area (Å²) in [5.41, 5.74) is 0.853. The molecule has 8 nitrogen and oxygen atoms in total. The maximum atomic E-state index is 13.2. The first-order chi connectivity index (χ1) is 15.9. The van der Waals surface area contributed by atoms with Gasteiger partial charge in [0.05, 0.1) is 37.0 Å². The van der Waals surface area contributed by atoms with Crippen molar-refractivity contribution in [2.75, 3.05) is 20.8 Å². The summed E-state index contributed by atoms with van der Waals surface area (Å²) in [5.74, 6) is -0.750. The van der Waals surface area contributed by atoms with Crippen molar-refractivity contribution in [1.82, 2.24) is 4.90 Å². The van der Waals surface area contributed by atoms with E-state index in [1.807, 2.05) is 6.07 Å². The van der Waals surface area contributed by atoms with Crippen LogP contribution in [0.25, 0.3) is 0 Å². The summed E-state index contributed by atoms with van der Waals surface area (Å²) in [5, 5.41) is 9.27. The summed E-state index contributed by atoms with van der Waals surface area (Å²) in [6, 6.07) is 17.2. The number of carboxylic acid groups (broad SMARTS) is 1. The van der Waals surface area contributed by atoms with Crippen molar-refractivity contribution in [1.29, 1.82) is 0 Å². The fourth-order valence-electron chi connectivity index (χ4n) is 3.71. The second-order valence-electron chi connectivity index (χ2n) is 7.33. The van der Waals surface area contributed by atoms with Crippen LogP contribution < -0.4 is 14.2 Å². The van der Waals surface area contributed by atoms with Crippen LogP contribution in [-0.2, 0) is 0 Å². The van der Waals surface area contributed by atoms with E-state index in [2.05, 4.69) is 0 Å². The number of amides is 2. The molecule has 1 heterocycles. The Hall–Kier alpha value is -4.33. The summed E-state index contributed by atoms with van der Waals surface area (Å²) in [6.07, 6.45) is 0. The van der Waals surface area contributed by atoms with E-state index in [0.29, 0.717) is 22.8 Å². The Morgan fingerprint density at radius 2 is 1.45 bits per heavy atom. The first kappa shape index (κ1) is 21.9. The van der Waals surface area contributed by atoms with E-state index in [4.69, 9.17) is 14.2 Å². The third kappa shape index (κ3) is 4.23. The summed E-state index contributed by atoms with van der Waals surface area (Å²) in [6.45, 7) is -0.0302. The van der Waals surface area contributed by atoms with Gasteiger partial charge in [-0.2, -0.15) is 0 Å². The van der Waals surface area contributed by atoms with E-state index < -0.39 is 23.8 Å². The Morgan fingerprint density at radius 3 is 2.06 bits per heavy atom. The normalized spacial score (nSPS) is 13.5. The Balaban J connectivity index is 1.68. The average molecular weight is 447 g/mol. The summed E-state index contributed by atoms with van der Waals surface area (Å²) < 4.78 is 16.5. The van der Waals surface area contributed by atoms with E-state index in [0.717, 1.165) is 4.90 Å². The highest BCUT2D eigenvalue weighted by molar-refractivity contribution is 6.22. The molecule has 0 aromatic heterocycles. The van der Waals surface area contributed by atoms with Gasteiger partial charge in [0.15, 0.2) is 0 Å². The van der Waals surface area contributed by atoms with Crippen molar-refractivity contribution in [2.45, 2.75) is 6.04 Å². The van der Waals surface area contributed by atoms with Gasteiger partial charge in [0.2, 0.25) is 0 Å². The second-order valence-corrected chi connectivity index (χ2v) is 7.33. The molecular formula is C25H21NO7. The highest BCUT2D eigenvalue weighted by Crippen LogP contribution is 2.34. The van der Waals surface area contributed by atoms with Crippen LogP contribution >= 0.6 is 0 Å². The SMILES string of the molecule is COc1cc(OC)cc(OCC(c2ccccc2)N2C(=O)c3ccc(C(=O)O)cc3C2=O)c1. The van der Waals surface area contributed by atoms with Gasteiger partial charge in [-0.15, -0.1) is 0 Å². The zero-order valence-corrected chi connectivity index (χ0v) is 18.0. The van der Waals surface area contributed by atoms with Gasteiger partial charge in [-0.3, -0.25) is 14.5 Å². The fraction of sp³-hybridized carbons (Fsp3) is 0.160. The maximum absolute atomic E-state index is 13.2. The van der Waals surface area contributed by atoms with E-state index in [-0.39, 0.29) is 23.3 Å². The Labute approximate surface area is 189 Å². The van der Waals surface area contributed by atoms with Crippen LogP contribution in [-0.4, -0.2) is 48.6 Å². The molecule has 1 unspecified atom stereocenters. The van der Waals surface area contributed by atoms with Gasteiger partial charge >= 0.3 is 5.97 Å². The minimum Gasteiger partial charge on any atom is -0.496 e. The van der Waals surface area contributed by atoms with Crippen LogP contribution in [0.15, 0.2) is 66.7 Å². The molecule has 168 valence electrons. The number of benzene rings is 3. The standard InChI is InChI=1S/C25H21NO7/c1-31-17-11-18(32-2)13-19(12-17)33-14-22(15-6-4-3-5-7-15)26-23(27)20-9-8-16(25(29)30)10-21(20)24(26)28/h3-13,22H,14H2,1-2H3,(H,29,30). The fourth-order valence-corrected chi connectivity index (χ4v) is 3.71. The minimum absolute atomic E-state index is 0.0302. The lowest BCUT2D eigenvalue weighted by Crippen LogP contribution is -2.37. The van der Waals surface area contributed by atoms with Crippen molar-refractivity contribution >= 4 is 17.8 Å². The zero-order valence-electron chi connectivity index (χ0n) is 18.0. The smallest absolute Gasteiger partial charge is 0.335 e. The molecule has 1 N–H and O–H groups in total. The molecule has 33 heavy (non-hydrogen) atoms. The monoisotopic (exact) mass is 447 g/mol. The molecule has 3 aromatic rings. The summed E-state index contributed by atoms with van der Waals surface area (Å²) >= 11 is 0. The lowest BCUT2D eigenvalue weighted by molar-refractivity contribution is 0.0528. The Bertz CT molecular complexity index is 1200. The number of aromatic carboxylic acids is 1. The van der Waals surface area contributed by atoms with E-state index in [1.54, 1.807) is 42.5 Å². The largest absolute Gasteiger partial charge is 0.496 e. The Kier molecular flexibility index (Phi) is 5.99. The van der Waals surface area contributed by atoms with E-state index in [1.165, 1.54) is 32.4 Å². The van der Waals surface area contributed by atoms with Crippen LogP contribution in [0.1, 0.15) is 42.7 Å². The maximum Gasteiger partial charge on any atom is 0.335 e. The van der Waals surface area contributed by atoms with Gasteiger partial charge < -0.3 is 19.3 Å². The predicted octanol–water partition coefficient (Wildman–Crippen LogP) is 3.82. The molecule has 0 spiro atoms. The predicted molar refractivity (Wildman–Crippen MR) is 118 cm³/mol. The molecule has 2 amide bonds. The lowest BCUT2D eigenvalue weighted by Gasteiger charge is -2.27. The number of nitrogens with zero attached hydrogens (tertiary/aromatic N) is 1. The van der Waals surface area contributed by atoms with Gasteiger partial charge in [-0.1, -0.05) is 30.3 Å². The van der Waals surface area contributed by atoms with Crippen molar-refractivity contribution in [2.24, 2.45) is 0 Å². The van der Waals surface area contributed by atoms with Crippen LogP contribution in [0.2, 0.25) is 0 Å². The van der Waals surface area contributed by atoms with Gasteiger partial charge in [0.25, 0.3) is 11.8 Å². The van der Waals surface area contributed by atoms with Crippen LogP contribution in [0.5, 0.6) is 17.2 Å². The molecule has 3 aromatic carbocycles. The van der Waals surface area contributed by atoms with Crippen LogP contribution in [0.4, 0.5) is 0 Å². The zero-order chi connectivity index (χ0) is 23.5. The number of methoxy groups -OCH3 is 2. The van der Waals surface area contributed by atoms with Crippen molar-refractivity contribution < 1.29 is 33.7 Å². The third-order valence-corrected chi connectivity index (χ3v) is 5.39. The molecular weight excluding hydrogens is 426 g/mol. The number of fused-ring (bicyclic) bond motifs is 1. The molecule has 8 heteroatoms. The van der Waals surface area contributed by atoms with E-state index in [9.17, 15) is 19.5 Å². The first-order valence-corrected chi connectivity index (χ1v) is 10.1. The number of carbonyl (C=O) groups is 3. The molecule has 0 aliphatic carbocycles. The van der Waals surface area contributed by atoms with Crippen LogP contribution in [0, 0.1) is 0 Å². The molecule has 1 aliphatic rings. The van der Waals surface area contributed by atoms with Gasteiger partial charge in [0.1, 0.15) is 23.9 Å². The number of carbonyl (C=O) groups excluding carboxylic acids is 2. The summed E-state index contributed by atoms with van der Waals surface area (Å²) in [7, 11) is 3.05. The summed E-state index contributed by atoms with van der Waals surface area (Å²) in [4.78, 5) is 38.9. The molecule has 1 aliphatic heterocycles. The van der Waals surface area contributed by atoms with Crippen LogP contribution in [0.3, 0.4) is 0 Å². The molecule has 0 bridgehead atoms. The molecule has 0 fully saturated rings. The third-order valence-electron chi connectivity index (χ3n) is 5.39. The van der Waals surface area contributed by atoms with Crippen molar-refractivity contribution in [3.05, 3.63) is 89.0 Å². The topological polar surface area (TPSA) is 102 Å². The number of imide groups is 1. The number of hydrogen-bond acceptors (Lipinski definition) is 6. The first-order valence-electron chi connectivity index (χ1n) is 10.1. The van der Waals surface area contributed by atoms with Crippen molar-refractivity contribution in [3.8, 4) is 17.2 Å². The lowest BCUT2D eigenvalue weighted by atomic mass is 10.1. The molecule has 4 rings (SSSR count). The highest BCUT2D eigenvalue weighted by atomic mass is 16.5. The van der Waals surface area contributed by atoms with E-state index >= 15 is 0 Å². The number of carboxylic acids is 1. The highest BCUT2D eigenvalue weighted by Gasteiger charge is 2.41. The quantitative estimate of drug-likeness (QED) is 0.524. The molecule has 0 saturated carbocycles. The molecule has 0 radical (unpaired) electrons.